The molecule has 0 saturated carbocycles. The Morgan fingerprint density at radius 3 is 2.85 bits per heavy atom. The number of rotatable bonds is 7. The molecular formula is C22H30N3P. The number of aryl methyl sites for hydroxylation is 2. The molecule has 1 aliphatic rings. The van der Waals surface area contributed by atoms with Crippen LogP contribution in [-0.4, -0.2) is 22.7 Å². The maximum absolute atomic E-state index is 5.82. The molecule has 1 unspecified atom stereocenters. The standard InChI is InChI=1S/C22H30N3P/c1-4-26-16-20(17(2)24-26)15-19-9-5-6-11-22(19)18(3)25-14-8-7-10-21(25)12-13-23/h5-6,9-11,16H,3-4,7-8,12-15,23H2,1-2H3. The van der Waals surface area contributed by atoms with Crippen molar-refractivity contribution in [3.63, 3.8) is 0 Å². The van der Waals surface area contributed by atoms with Crippen LogP contribution in [0.1, 0.15) is 48.6 Å². The van der Waals surface area contributed by atoms with Gasteiger partial charge in [-0.15, -0.1) is 0 Å². The summed E-state index contributed by atoms with van der Waals surface area (Å²) < 4.78 is 4.82. The van der Waals surface area contributed by atoms with Crippen molar-refractivity contribution in [3.05, 3.63) is 70.8 Å². The van der Waals surface area contributed by atoms with Crippen LogP contribution in [0.2, 0.25) is 0 Å². The van der Waals surface area contributed by atoms with E-state index < -0.39 is 0 Å². The molecule has 0 saturated heterocycles. The second kappa shape index (κ2) is 8.70. The van der Waals surface area contributed by atoms with Crippen LogP contribution in [0.15, 0.2) is 48.4 Å². The van der Waals surface area contributed by atoms with Crippen LogP contribution in [0.3, 0.4) is 0 Å². The molecule has 0 spiro atoms. The molecule has 1 atom stereocenters. The number of allylic oxidation sites excluding steroid dienone is 1. The Morgan fingerprint density at radius 2 is 2.12 bits per heavy atom. The summed E-state index contributed by atoms with van der Waals surface area (Å²) in [5.74, 6) is 2.39. The SMILES string of the molecule is C=C(c1ccccc1Cc1cp(CC)nc1C)N1CCCC=C1CCN. The molecule has 3 nitrogen and oxygen atoms in total. The Labute approximate surface area is 158 Å². The van der Waals surface area contributed by atoms with E-state index >= 15 is 0 Å². The molecule has 26 heavy (non-hydrogen) atoms. The van der Waals surface area contributed by atoms with E-state index in [-0.39, 0.29) is 7.69 Å². The number of benzene rings is 1. The molecule has 2 N–H and O–H groups in total. The van der Waals surface area contributed by atoms with Gasteiger partial charge >= 0.3 is 0 Å². The third-order valence-electron chi connectivity index (χ3n) is 5.12. The highest BCUT2D eigenvalue weighted by Crippen LogP contribution is 2.33. The van der Waals surface area contributed by atoms with Crippen LogP contribution < -0.4 is 5.73 Å². The van der Waals surface area contributed by atoms with Crippen LogP contribution in [0.5, 0.6) is 0 Å². The fraction of sp³-hybridized carbons (Fsp3) is 0.409. The van der Waals surface area contributed by atoms with Gasteiger partial charge in [0.25, 0.3) is 0 Å². The molecular weight excluding hydrogens is 337 g/mol. The van der Waals surface area contributed by atoms with Crippen LogP contribution >= 0.6 is 7.69 Å². The topological polar surface area (TPSA) is 42.2 Å². The molecule has 4 heteroatoms. The van der Waals surface area contributed by atoms with Crippen molar-refractivity contribution in [1.29, 1.82) is 0 Å². The van der Waals surface area contributed by atoms with Gasteiger partial charge in [0, 0.05) is 35.6 Å². The molecule has 0 radical (unpaired) electrons. The molecule has 1 aliphatic heterocycles. The highest BCUT2D eigenvalue weighted by atomic mass is 31.1. The Morgan fingerprint density at radius 1 is 1.31 bits per heavy atom. The zero-order valence-electron chi connectivity index (χ0n) is 16.0. The molecule has 1 aromatic carbocycles. The normalized spacial score (nSPS) is 15.1. The van der Waals surface area contributed by atoms with E-state index in [1.165, 1.54) is 34.5 Å². The van der Waals surface area contributed by atoms with Crippen molar-refractivity contribution < 1.29 is 0 Å². The lowest BCUT2D eigenvalue weighted by atomic mass is 9.97. The van der Waals surface area contributed by atoms with E-state index in [0.29, 0.717) is 6.54 Å². The Kier molecular flexibility index (Phi) is 6.34. The Bertz CT molecular complexity index is 803. The average molecular weight is 367 g/mol. The number of hydrogen-bond acceptors (Lipinski definition) is 3. The zero-order valence-corrected chi connectivity index (χ0v) is 16.9. The van der Waals surface area contributed by atoms with Crippen LogP contribution in [0.4, 0.5) is 0 Å². The third kappa shape index (κ3) is 4.11. The lowest BCUT2D eigenvalue weighted by Gasteiger charge is -2.33. The van der Waals surface area contributed by atoms with Gasteiger partial charge in [0.05, 0.1) is 0 Å². The summed E-state index contributed by atoms with van der Waals surface area (Å²) in [6.07, 6.45) is 7.63. The molecule has 2 heterocycles. The highest BCUT2D eigenvalue weighted by Gasteiger charge is 2.19. The number of aromatic nitrogens is 1. The third-order valence-corrected chi connectivity index (χ3v) is 6.93. The van der Waals surface area contributed by atoms with Crippen molar-refractivity contribution >= 4 is 13.4 Å². The Balaban J connectivity index is 1.88. The predicted octanol–water partition coefficient (Wildman–Crippen LogP) is 5.29. The zero-order chi connectivity index (χ0) is 18.5. The largest absolute Gasteiger partial charge is 0.345 e. The number of nitrogens with zero attached hydrogens (tertiary/aromatic N) is 2. The maximum Gasteiger partial charge on any atom is 0.0453 e. The van der Waals surface area contributed by atoms with E-state index in [1.54, 1.807) is 0 Å². The Hall–Kier alpha value is -1.83. The highest BCUT2D eigenvalue weighted by molar-refractivity contribution is 7.44. The summed E-state index contributed by atoms with van der Waals surface area (Å²) >= 11 is 0. The van der Waals surface area contributed by atoms with Gasteiger partial charge in [-0.2, -0.15) is 0 Å². The summed E-state index contributed by atoms with van der Waals surface area (Å²) in [6.45, 7) is 10.5. The van der Waals surface area contributed by atoms with Gasteiger partial charge in [0.2, 0.25) is 0 Å². The minimum absolute atomic E-state index is 0.297. The molecule has 138 valence electrons. The minimum Gasteiger partial charge on any atom is -0.345 e. The summed E-state index contributed by atoms with van der Waals surface area (Å²) in [6, 6.07) is 8.68. The molecule has 0 bridgehead atoms. The molecule has 1 aromatic heterocycles. The first kappa shape index (κ1) is 18.9. The maximum atomic E-state index is 5.82. The van der Waals surface area contributed by atoms with E-state index in [9.17, 15) is 0 Å². The summed E-state index contributed by atoms with van der Waals surface area (Å²) in [4.78, 5) is 2.37. The molecule has 0 aliphatic carbocycles. The second-order valence-corrected chi connectivity index (χ2v) is 8.87. The summed E-state index contributed by atoms with van der Waals surface area (Å²) in [5.41, 5.74) is 13.4. The first-order valence-corrected chi connectivity index (χ1v) is 11.2. The second-order valence-electron chi connectivity index (χ2n) is 6.90. The fourth-order valence-electron chi connectivity index (χ4n) is 3.67. The van der Waals surface area contributed by atoms with Gasteiger partial charge in [-0.05, 0) is 63.5 Å². The number of hydrogen-bond donors (Lipinski definition) is 1. The van der Waals surface area contributed by atoms with Crippen LogP contribution in [0.25, 0.3) is 5.70 Å². The fourth-order valence-corrected chi connectivity index (χ4v) is 5.20. The van der Waals surface area contributed by atoms with Gasteiger partial charge in [-0.25, -0.2) is 4.75 Å². The first-order valence-electron chi connectivity index (χ1n) is 9.60. The van der Waals surface area contributed by atoms with E-state index in [0.717, 1.165) is 37.7 Å². The van der Waals surface area contributed by atoms with Gasteiger partial charge in [-0.3, -0.25) is 0 Å². The molecule has 3 rings (SSSR count). The van der Waals surface area contributed by atoms with Gasteiger partial charge in [-0.1, -0.05) is 43.8 Å². The van der Waals surface area contributed by atoms with Crippen molar-refractivity contribution in [1.82, 2.24) is 9.65 Å². The van der Waals surface area contributed by atoms with Crippen LogP contribution in [-0.2, 0) is 12.6 Å². The van der Waals surface area contributed by atoms with Crippen molar-refractivity contribution in [2.24, 2.45) is 5.73 Å². The van der Waals surface area contributed by atoms with Gasteiger partial charge in [0.1, 0.15) is 0 Å². The van der Waals surface area contributed by atoms with Crippen LogP contribution in [0, 0.1) is 6.92 Å². The van der Waals surface area contributed by atoms with Gasteiger partial charge in [0.15, 0.2) is 0 Å². The summed E-state index contributed by atoms with van der Waals surface area (Å²) in [7, 11) is -0.297. The quantitative estimate of drug-likeness (QED) is 0.723. The molecule has 0 amide bonds. The van der Waals surface area contributed by atoms with Crippen molar-refractivity contribution in [2.75, 3.05) is 13.1 Å². The predicted molar refractivity (Wildman–Crippen MR) is 113 cm³/mol. The smallest absolute Gasteiger partial charge is 0.0453 e. The van der Waals surface area contributed by atoms with E-state index in [4.69, 9.17) is 10.5 Å². The number of nitrogens with two attached hydrogens (primary N) is 1. The molecule has 0 fully saturated rings. The van der Waals surface area contributed by atoms with E-state index in [1.807, 2.05) is 0 Å². The first-order chi connectivity index (χ1) is 12.6. The monoisotopic (exact) mass is 367 g/mol. The lowest BCUT2D eigenvalue weighted by molar-refractivity contribution is 0.432. The van der Waals surface area contributed by atoms with Gasteiger partial charge < -0.3 is 10.6 Å². The minimum atomic E-state index is -0.297. The summed E-state index contributed by atoms with van der Waals surface area (Å²) in [5, 5.41) is 0. The average Bonchev–Trinajstić information content (AvgIpc) is 3.02. The van der Waals surface area contributed by atoms with Crippen molar-refractivity contribution in [3.8, 4) is 0 Å². The lowest BCUT2D eigenvalue weighted by Crippen LogP contribution is -2.27. The molecule has 2 aromatic rings. The van der Waals surface area contributed by atoms with Crippen molar-refractivity contribution in [2.45, 2.75) is 45.7 Å². The van der Waals surface area contributed by atoms with E-state index in [2.05, 4.69) is 61.5 Å².